The van der Waals surface area contributed by atoms with Gasteiger partial charge in [-0.15, -0.1) is 0 Å². The minimum atomic E-state index is 0.0566. The quantitative estimate of drug-likeness (QED) is 0.773. The normalized spacial score (nSPS) is 18.1. The van der Waals surface area contributed by atoms with Gasteiger partial charge in [0.25, 0.3) is 5.56 Å². The van der Waals surface area contributed by atoms with E-state index in [1.807, 2.05) is 19.2 Å². The fourth-order valence-electron chi connectivity index (χ4n) is 1.66. The van der Waals surface area contributed by atoms with E-state index in [1.54, 1.807) is 10.6 Å². The molecular formula is C11H16N2O. The van der Waals surface area contributed by atoms with Gasteiger partial charge < -0.3 is 10.3 Å². The maximum absolute atomic E-state index is 11.5. The standard InChI is InChI=1S/C11H16N2O/c1-8-4-5-13(11(14)6-8)7-10(12)9-2-3-9/h4-6,9-10H,2-3,7,12H2,1H3. The molecule has 0 radical (unpaired) electrons. The Morgan fingerprint density at radius 3 is 2.93 bits per heavy atom. The van der Waals surface area contributed by atoms with Crippen LogP contribution in [0.15, 0.2) is 23.1 Å². The molecule has 0 aromatic carbocycles. The van der Waals surface area contributed by atoms with Crippen molar-refractivity contribution in [1.82, 2.24) is 4.57 Å². The third-order valence-electron chi connectivity index (χ3n) is 2.79. The predicted octanol–water partition coefficient (Wildman–Crippen LogP) is 0.894. The number of aromatic nitrogens is 1. The summed E-state index contributed by atoms with van der Waals surface area (Å²) in [6.45, 7) is 2.58. The van der Waals surface area contributed by atoms with Crippen LogP contribution in [-0.2, 0) is 6.54 Å². The Hall–Kier alpha value is -1.09. The summed E-state index contributed by atoms with van der Waals surface area (Å²) < 4.78 is 1.70. The molecule has 0 aliphatic heterocycles. The van der Waals surface area contributed by atoms with Crippen LogP contribution in [0.3, 0.4) is 0 Å². The molecule has 1 saturated carbocycles. The Labute approximate surface area is 83.5 Å². The second-order valence-electron chi connectivity index (χ2n) is 4.20. The summed E-state index contributed by atoms with van der Waals surface area (Å²) in [5.74, 6) is 0.642. The molecule has 1 aromatic rings. The van der Waals surface area contributed by atoms with Crippen LogP contribution < -0.4 is 11.3 Å². The first-order chi connectivity index (χ1) is 6.66. The van der Waals surface area contributed by atoms with Gasteiger partial charge in [-0.05, 0) is 37.3 Å². The number of nitrogens with two attached hydrogens (primary N) is 1. The fraction of sp³-hybridized carbons (Fsp3) is 0.545. The van der Waals surface area contributed by atoms with Gasteiger partial charge in [0.1, 0.15) is 0 Å². The van der Waals surface area contributed by atoms with Crippen molar-refractivity contribution >= 4 is 0 Å². The molecule has 1 atom stereocenters. The molecule has 1 unspecified atom stereocenters. The van der Waals surface area contributed by atoms with E-state index in [2.05, 4.69) is 0 Å². The van der Waals surface area contributed by atoms with Gasteiger partial charge in [-0.25, -0.2) is 0 Å². The molecule has 1 fully saturated rings. The molecule has 2 rings (SSSR count). The molecule has 3 heteroatoms. The lowest BCUT2D eigenvalue weighted by molar-refractivity contribution is 0.493. The average molecular weight is 192 g/mol. The van der Waals surface area contributed by atoms with Crippen molar-refractivity contribution in [2.24, 2.45) is 11.7 Å². The van der Waals surface area contributed by atoms with Crippen molar-refractivity contribution in [3.63, 3.8) is 0 Å². The maximum Gasteiger partial charge on any atom is 0.250 e. The van der Waals surface area contributed by atoms with Gasteiger partial charge in [-0.2, -0.15) is 0 Å². The van der Waals surface area contributed by atoms with Crippen LogP contribution >= 0.6 is 0 Å². The average Bonchev–Trinajstić information content (AvgIpc) is 2.92. The van der Waals surface area contributed by atoms with Gasteiger partial charge >= 0.3 is 0 Å². The molecule has 76 valence electrons. The fourth-order valence-corrected chi connectivity index (χ4v) is 1.66. The molecule has 1 aromatic heterocycles. The molecule has 3 nitrogen and oxygen atoms in total. The van der Waals surface area contributed by atoms with Crippen LogP contribution in [0, 0.1) is 12.8 Å². The zero-order valence-corrected chi connectivity index (χ0v) is 8.44. The number of aryl methyl sites for hydroxylation is 1. The molecule has 1 heterocycles. The summed E-state index contributed by atoms with van der Waals surface area (Å²) in [5, 5.41) is 0. The lowest BCUT2D eigenvalue weighted by atomic mass is 10.2. The highest BCUT2D eigenvalue weighted by molar-refractivity contribution is 5.08. The smallest absolute Gasteiger partial charge is 0.250 e. The van der Waals surface area contributed by atoms with Crippen LogP contribution in [0.25, 0.3) is 0 Å². The number of hydrogen-bond donors (Lipinski definition) is 1. The van der Waals surface area contributed by atoms with E-state index in [4.69, 9.17) is 5.73 Å². The van der Waals surface area contributed by atoms with Crippen LogP contribution in [0.4, 0.5) is 0 Å². The molecule has 0 saturated heterocycles. The first-order valence-electron chi connectivity index (χ1n) is 5.09. The van der Waals surface area contributed by atoms with Gasteiger partial charge in [0.05, 0.1) is 0 Å². The molecule has 1 aliphatic rings. The van der Waals surface area contributed by atoms with Crippen molar-refractivity contribution in [2.45, 2.75) is 32.4 Å². The van der Waals surface area contributed by atoms with Crippen molar-refractivity contribution < 1.29 is 0 Å². The lowest BCUT2D eigenvalue weighted by Crippen LogP contribution is -2.33. The van der Waals surface area contributed by atoms with E-state index in [9.17, 15) is 4.79 Å². The number of pyridine rings is 1. The topological polar surface area (TPSA) is 48.0 Å². The Morgan fingerprint density at radius 1 is 1.64 bits per heavy atom. The van der Waals surface area contributed by atoms with Gasteiger partial charge in [0, 0.05) is 24.8 Å². The van der Waals surface area contributed by atoms with Crippen LogP contribution in [0.2, 0.25) is 0 Å². The van der Waals surface area contributed by atoms with Crippen LogP contribution in [0.1, 0.15) is 18.4 Å². The molecule has 0 bridgehead atoms. The second-order valence-corrected chi connectivity index (χ2v) is 4.20. The Morgan fingerprint density at radius 2 is 2.36 bits per heavy atom. The summed E-state index contributed by atoms with van der Waals surface area (Å²) in [6.07, 6.45) is 4.28. The summed E-state index contributed by atoms with van der Waals surface area (Å²) in [4.78, 5) is 11.5. The molecule has 0 amide bonds. The van der Waals surface area contributed by atoms with Crippen molar-refractivity contribution in [2.75, 3.05) is 0 Å². The number of hydrogen-bond acceptors (Lipinski definition) is 2. The van der Waals surface area contributed by atoms with E-state index >= 15 is 0 Å². The first-order valence-corrected chi connectivity index (χ1v) is 5.09. The SMILES string of the molecule is Cc1ccn(CC(N)C2CC2)c(=O)c1. The van der Waals surface area contributed by atoms with Crippen molar-refractivity contribution in [3.05, 3.63) is 34.2 Å². The van der Waals surface area contributed by atoms with Crippen molar-refractivity contribution in [3.8, 4) is 0 Å². The van der Waals surface area contributed by atoms with Gasteiger partial charge in [-0.1, -0.05) is 0 Å². The molecule has 14 heavy (non-hydrogen) atoms. The third-order valence-corrected chi connectivity index (χ3v) is 2.79. The maximum atomic E-state index is 11.5. The summed E-state index contributed by atoms with van der Waals surface area (Å²) in [7, 11) is 0. The zero-order chi connectivity index (χ0) is 10.1. The highest BCUT2D eigenvalue weighted by Gasteiger charge is 2.28. The highest BCUT2D eigenvalue weighted by atomic mass is 16.1. The predicted molar refractivity (Wildman–Crippen MR) is 56.1 cm³/mol. The van der Waals surface area contributed by atoms with Crippen LogP contribution in [0.5, 0.6) is 0 Å². The van der Waals surface area contributed by atoms with Crippen LogP contribution in [-0.4, -0.2) is 10.6 Å². The third kappa shape index (κ3) is 2.04. The largest absolute Gasteiger partial charge is 0.326 e. The van der Waals surface area contributed by atoms with Gasteiger partial charge in [0.15, 0.2) is 0 Å². The zero-order valence-electron chi connectivity index (χ0n) is 8.44. The summed E-state index contributed by atoms with van der Waals surface area (Å²) in [6, 6.07) is 3.75. The Balaban J connectivity index is 2.12. The molecule has 0 spiro atoms. The van der Waals surface area contributed by atoms with Gasteiger partial charge in [0.2, 0.25) is 0 Å². The minimum Gasteiger partial charge on any atom is -0.326 e. The molecular weight excluding hydrogens is 176 g/mol. The first kappa shape index (κ1) is 9.46. The van der Waals surface area contributed by atoms with Crippen molar-refractivity contribution in [1.29, 1.82) is 0 Å². The summed E-state index contributed by atoms with van der Waals surface area (Å²) in [5.41, 5.74) is 7.02. The van der Waals surface area contributed by atoms with Gasteiger partial charge in [-0.3, -0.25) is 4.79 Å². The minimum absolute atomic E-state index is 0.0566. The lowest BCUT2D eigenvalue weighted by Gasteiger charge is -2.12. The molecule has 1 aliphatic carbocycles. The number of nitrogens with zero attached hydrogens (tertiary/aromatic N) is 1. The Kier molecular flexibility index (Phi) is 2.42. The van der Waals surface area contributed by atoms with E-state index in [0.717, 1.165) is 5.56 Å². The van der Waals surface area contributed by atoms with E-state index in [1.165, 1.54) is 12.8 Å². The van der Waals surface area contributed by atoms with E-state index in [0.29, 0.717) is 12.5 Å². The molecule has 2 N–H and O–H groups in total. The van der Waals surface area contributed by atoms with E-state index < -0.39 is 0 Å². The Bertz CT molecular complexity index is 379. The van der Waals surface area contributed by atoms with E-state index in [-0.39, 0.29) is 11.6 Å². The monoisotopic (exact) mass is 192 g/mol. The summed E-state index contributed by atoms with van der Waals surface area (Å²) >= 11 is 0. The number of rotatable bonds is 3. The second kappa shape index (κ2) is 3.58. The highest BCUT2D eigenvalue weighted by Crippen LogP contribution is 2.31.